The van der Waals surface area contributed by atoms with Gasteiger partial charge in [-0.1, -0.05) is 35.4 Å². The lowest BCUT2D eigenvalue weighted by Crippen LogP contribution is -2.39. The highest BCUT2D eigenvalue weighted by atomic mass is 127. The van der Waals surface area contributed by atoms with Crippen LogP contribution in [0.2, 0.25) is 5.15 Å². The fourth-order valence-corrected chi connectivity index (χ4v) is 2.10. The van der Waals surface area contributed by atoms with Gasteiger partial charge in [-0.05, 0) is 37.6 Å². The zero-order valence-electron chi connectivity index (χ0n) is 14.5. The lowest BCUT2D eigenvalue weighted by Gasteiger charge is -2.12. The van der Waals surface area contributed by atoms with E-state index in [4.69, 9.17) is 16.3 Å². The fraction of sp³-hybridized carbons (Fsp3) is 0.333. The molecule has 5 nitrogen and oxygen atoms in total. The molecule has 0 atom stereocenters. The van der Waals surface area contributed by atoms with Crippen molar-refractivity contribution in [2.24, 2.45) is 4.99 Å². The van der Waals surface area contributed by atoms with E-state index in [0.29, 0.717) is 24.8 Å². The summed E-state index contributed by atoms with van der Waals surface area (Å²) in [5, 5.41) is 6.95. The van der Waals surface area contributed by atoms with E-state index in [1.54, 1.807) is 12.3 Å². The lowest BCUT2D eigenvalue weighted by molar-refractivity contribution is 0.322. The fourth-order valence-electron chi connectivity index (χ4n) is 1.98. The molecule has 0 aliphatic rings. The van der Waals surface area contributed by atoms with Gasteiger partial charge in [-0.15, -0.1) is 24.0 Å². The van der Waals surface area contributed by atoms with Crippen LogP contribution < -0.4 is 15.4 Å². The molecule has 2 N–H and O–H groups in total. The maximum absolute atomic E-state index is 5.78. The summed E-state index contributed by atoms with van der Waals surface area (Å²) in [6.45, 7) is 6.65. The van der Waals surface area contributed by atoms with Crippen LogP contribution in [0, 0.1) is 6.92 Å². The highest BCUT2D eigenvalue weighted by molar-refractivity contribution is 14.0. The smallest absolute Gasteiger partial charge is 0.191 e. The zero-order valence-corrected chi connectivity index (χ0v) is 17.5. The average molecular weight is 475 g/mol. The molecular weight excluding hydrogens is 451 g/mol. The Morgan fingerprint density at radius 1 is 1.16 bits per heavy atom. The third-order valence-corrected chi connectivity index (χ3v) is 3.46. The number of aromatic nitrogens is 1. The first-order valence-corrected chi connectivity index (χ1v) is 8.37. The van der Waals surface area contributed by atoms with Crippen molar-refractivity contribution in [2.75, 3.05) is 19.7 Å². The van der Waals surface area contributed by atoms with E-state index in [1.807, 2.05) is 37.3 Å². The van der Waals surface area contributed by atoms with Gasteiger partial charge in [0.1, 0.15) is 17.5 Å². The summed E-state index contributed by atoms with van der Waals surface area (Å²) in [6, 6.07) is 11.7. The molecule has 0 spiro atoms. The zero-order chi connectivity index (χ0) is 17.2. The Balaban J connectivity index is 0.00000312. The summed E-state index contributed by atoms with van der Waals surface area (Å²) in [5.41, 5.74) is 2.23. The average Bonchev–Trinajstić information content (AvgIpc) is 2.59. The number of halogens is 2. The number of guanidine groups is 1. The number of ether oxygens (including phenoxy) is 1. The van der Waals surface area contributed by atoms with Gasteiger partial charge in [0.2, 0.25) is 0 Å². The van der Waals surface area contributed by atoms with E-state index in [1.165, 1.54) is 5.56 Å². The van der Waals surface area contributed by atoms with Crippen LogP contribution in [0.4, 0.5) is 0 Å². The summed E-state index contributed by atoms with van der Waals surface area (Å²) in [6.07, 6.45) is 1.73. The van der Waals surface area contributed by atoms with E-state index in [9.17, 15) is 0 Å². The number of pyridine rings is 1. The van der Waals surface area contributed by atoms with E-state index >= 15 is 0 Å². The molecule has 0 saturated heterocycles. The molecule has 0 unspecified atom stereocenters. The molecule has 2 aromatic rings. The number of aryl methyl sites for hydroxylation is 1. The standard InChI is InChI=1S/C18H23ClN4O.HI/c1-3-20-18(23-13-15-6-9-17(19)22-12-15)21-10-11-24-16-7-4-14(2)5-8-16;/h4-9,12H,3,10-11,13H2,1-2H3,(H2,20,21,23);1H. The van der Waals surface area contributed by atoms with Crippen molar-refractivity contribution in [3.63, 3.8) is 0 Å². The van der Waals surface area contributed by atoms with Crippen LogP contribution in [0.1, 0.15) is 18.1 Å². The highest BCUT2D eigenvalue weighted by Crippen LogP contribution is 2.10. The molecule has 0 fully saturated rings. The summed E-state index contributed by atoms with van der Waals surface area (Å²) in [4.78, 5) is 8.58. The second-order valence-corrected chi connectivity index (χ2v) is 5.66. The van der Waals surface area contributed by atoms with Crippen LogP contribution in [0.15, 0.2) is 47.6 Å². The quantitative estimate of drug-likeness (QED) is 0.211. The van der Waals surface area contributed by atoms with Gasteiger partial charge in [0.25, 0.3) is 0 Å². The topological polar surface area (TPSA) is 58.5 Å². The van der Waals surface area contributed by atoms with Crippen molar-refractivity contribution in [1.82, 2.24) is 15.6 Å². The van der Waals surface area contributed by atoms with E-state index in [2.05, 4.69) is 27.5 Å². The first kappa shape index (κ1) is 21.5. The minimum Gasteiger partial charge on any atom is -0.492 e. The maximum Gasteiger partial charge on any atom is 0.191 e. The number of hydrogen-bond acceptors (Lipinski definition) is 3. The van der Waals surface area contributed by atoms with E-state index in [-0.39, 0.29) is 24.0 Å². The van der Waals surface area contributed by atoms with E-state index < -0.39 is 0 Å². The normalized spacial score (nSPS) is 10.8. The molecule has 0 radical (unpaired) electrons. The molecule has 2 rings (SSSR count). The van der Waals surface area contributed by atoms with Crippen molar-refractivity contribution in [3.8, 4) is 5.75 Å². The van der Waals surface area contributed by atoms with Gasteiger partial charge in [0, 0.05) is 12.7 Å². The third kappa shape index (κ3) is 8.40. The van der Waals surface area contributed by atoms with Gasteiger partial charge in [-0.3, -0.25) is 0 Å². The minimum absolute atomic E-state index is 0. The lowest BCUT2D eigenvalue weighted by atomic mass is 10.2. The molecule has 1 aromatic heterocycles. The molecule has 1 heterocycles. The van der Waals surface area contributed by atoms with Crippen molar-refractivity contribution in [2.45, 2.75) is 20.4 Å². The van der Waals surface area contributed by atoms with Crippen LogP contribution in [0.25, 0.3) is 0 Å². The summed E-state index contributed by atoms with van der Waals surface area (Å²) >= 11 is 5.78. The summed E-state index contributed by atoms with van der Waals surface area (Å²) in [5.74, 6) is 1.62. The molecule has 136 valence electrons. The van der Waals surface area contributed by atoms with Crippen molar-refractivity contribution >= 4 is 41.5 Å². The van der Waals surface area contributed by atoms with Gasteiger partial charge in [0.05, 0.1) is 13.1 Å². The van der Waals surface area contributed by atoms with Crippen LogP contribution in [0.5, 0.6) is 5.75 Å². The molecule has 25 heavy (non-hydrogen) atoms. The number of benzene rings is 1. The minimum atomic E-state index is 0. The van der Waals surface area contributed by atoms with Gasteiger partial charge in [0.15, 0.2) is 5.96 Å². The van der Waals surface area contributed by atoms with Gasteiger partial charge >= 0.3 is 0 Å². The first-order valence-electron chi connectivity index (χ1n) is 7.99. The Bertz CT molecular complexity index is 647. The van der Waals surface area contributed by atoms with E-state index in [0.717, 1.165) is 23.8 Å². The predicted octanol–water partition coefficient (Wildman–Crippen LogP) is 3.80. The van der Waals surface area contributed by atoms with Crippen LogP contribution in [-0.4, -0.2) is 30.6 Å². The third-order valence-electron chi connectivity index (χ3n) is 3.24. The Morgan fingerprint density at radius 3 is 2.56 bits per heavy atom. The number of aliphatic imine (C=N–C) groups is 1. The molecule has 7 heteroatoms. The highest BCUT2D eigenvalue weighted by Gasteiger charge is 1.99. The second-order valence-electron chi connectivity index (χ2n) is 5.27. The van der Waals surface area contributed by atoms with Crippen LogP contribution in [-0.2, 0) is 6.54 Å². The Morgan fingerprint density at radius 2 is 1.92 bits per heavy atom. The molecule has 0 saturated carbocycles. The van der Waals surface area contributed by atoms with Gasteiger partial charge < -0.3 is 15.4 Å². The van der Waals surface area contributed by atoms with Crippen molar-refractivity contribution in [1.29, 1.82) is 0 Å². The number of nitrogens with one attached hydrogen (secondary N) is 2. The van der Waals surface area contributed by atoms with Gasteiger partial charge in [-0.2, -0.15) is 0 Å². The predicted molar refractivity (Wildman–Crippen MR) is 114 cm³/mol. The number of nitrogens with zero attached hydrogens (tertiary/aromatic N) is 2. The Hall–Kier alpha value is -1.54. The van der Waals surface area contributed by atoms with Crippen LogP contribution in [0.3, 0.4) is 0 Å². The Labute approximate surface area is 171 Å². The molecule has 0 aliphatic carbocycles. The molecular formula is C18H24ClIN4O. The maximum atomic E-state index is 5.78. The molecule has 0 aliphatic heterocycles. The largest absolute Gasteiger partial charge is 0.492 e. The number of rotatable bonds is 7. The summed E-state index contributed by atoms with van der Waals surface area (Å²) in [7, 11) is 0. The van der Waals surface area contributed by atoms with Crippen molar-refractivity contribution in [3.05, 3.63) is 58.9 Å². The second kappa shape index (κ2) is 11.9. The number of hydrogen-bond donors (Lipinski definition) is 2. The molecule has 1 aromatic carbocycles. The van der Waals surface area contributed by atoms with Gasteiger partial charge in [-0.25, -0.2) is 9.98 Å². The van der Waals surface area contributed by atoms with Crippen molar-refractivity contribution < 1.29 is 4.74 Å². The Kier molecular flexibility index (Phi) is 10.3. The SMILES string of the molecule is CCNC(=NCc1ccc(Cl)nc1)NCCOc1ccc(C)cc1.I. The molecule has 0 bridgehead atoms. The summed E-state index contributed by atoms with van der Waals surface area (Å²) < 4.78 is 5.70. The molecule has 0 amide bonds. The first-order chi connectivity index (χ1) is 11.7. The van der Waals surface area contributed by atoms with Crippen LogP contribution >= 0.6 is 35.6 Å². The monoisotopic (exact) mass is 474 g/mol.